The van der Waals surface area contributed by atoms with E-state index >= 15 is 0 Å². The molecule has 2 saturated heterocycles. The van der Waals surface area contributed by atoms with Gasteiger partial charge in [-0.3, -0.25) is 14.6 Å². The lowest BCUT2D eigenvalue weighted by Crippen LogP contribution is -2.55. The summed E-state index contributed by atoms with van der Waals surface area (Å²) < 4.78 is 40.8. The van der Waals surface area contributed by atoms with Gasteiger partial charge in [0.2, 0.25) is 0 Å². The molecule has 1 saturated carbocycles. The van der Waals surface area contributed by atoms with Gasteiger partial charge >= 0.3 is 6.18 Å². The van der Waals surface area contributed by atoms with E-state index in [1.807, 2.05) is 12.1 Å². The molecule has 2 aliphatic heterocycles. The Morgan fingerprint density at radius 3 is 2.57 bits per heavy atom. The third-order valence-electron chi connectivity index (χ3n) is 7.30. The standard InChI is InChI=1S/C25H25F3N6O2S/c26-25(27,28)20-10-19(12-31-21(20)11-29)34-23(37)33(22(36)24(34)6-1-7-24)18-4-2-16(3-5-18)13-32-9-8-30-17(14-32)15-35/h2-5,10,12,17,30,35H,1,6-9,13-15H2/t17-/m0/s1. The van der Waals surface area contributed by atoms with E-state index in [0.29, 0.717) is 25.1 Å². The normalized spacial score (nSPS) is 21.9. The molecule has 194 valence electrons. The number of nitrogens with zero attached hydrogens (tertiary/aromatic N) is 5. The number of nitrogens with one attached hydrogen (secondary N) is 1. The zero-order chi connectivity index (χ0) is 26.4. The molecule has 37 heavy (non-hydrogen) atoms. The number of benzene rings is 1. The third-order valence-corrected chi connectivity index (χ3v) is 7.66. The number of carbonyl (C=O) groups excluding carboxylic acids is 1. The van der Waals surface area contributed by atoms with Gasteiger partial charge in [-0.05, 0) is 55.2 Å². The minimum absolute atomic E-state index is 0.0341. The van der Waals surface area contributed by atoms with Gasteiger partial charge in [-0.1, -0.05) is 12.1 Å². The van der Waals surface area contributed by atoms with Crippen LogP contribution in [0.5, 0.6) is 0 Å². The van der Waals surface area contributed by atoms with Gasteiger partial charge in [0.15, 0.2) is 10.8 Å². The van der Waals surface area contributed by atoms with Crippen molar-refractivity contribution in [2.75, 3.05) is 36.0 Å². The minimum Gasteiger partial charge on any atom is -0.395 e. The van der Waals surface area contributed by atoms with Gasteiger partial charge in [0, 0.05) is 32.2 Å². The molecule has 1 aromatic heterocycles. The lowest BCUT2D eigenvalue weighted by atomic mass is 9.75. The van der Waals surface area contributed by atoms with Gasteiger partial charge in [-0.25, -0.2) is 4.98 Å². The second-order valence-electron chi connectivity index (χ2n) is 9.58. The Balaban J connectivity index is 1.42. The molecule has 1 aromatic carbocycles. The molecule has 3 fully saturated rings. The summed E-state index contributed by atoms with van der Waals surface area (Å²) in [6.45, 7) is 3.12. The molecule has 0 bridgehead atoms. The van der Waals surface area contributed by atoms with Crippen molar-refractivity contribution in [1.82, 2.24) is 15.2 Å². The molecule has 1 amide bonds. The second-order valence-corrected chi connectivity index (χ2v) is 9.94. The van der Waals surface area contributed by atoms with E-state index in [1.165, 1.54) is 22.1 Å². The molecular weight excluding hydrogens is 505 g/mol. The number of rotatable bonds is 5. The van der Waals surface area contributed by atoms with Crippen molar-refractivity contribution in [1.29, 1.82) is 5.26 Å². The lowest BCUT2D eigenvalue weighted by molar-refractivity contribution is -0.138. The Morgan fingerprint density at radius 1 is 1.24 bits per heavy atom. The molecular formula is C25H25F3N6O2S. The Kier molecular flexibility index (Phi) is 6.66. The summed E-state index contributed by atoms with van der Waals surface area (Å²) in [5.41, 5.74) is -1.33. The van der Waals surface area contributed by atoms with Crippen LogP contribution in [0.1, 0.15) is 36.1 Å². The number of nitriles is 1. The lowest BCUT2D eigenvalue weighted by Gasteiger charge is -2.42. The monoisotopic (exact) mass is 530 g/mol. The second kappa shape index (κ2) is 9.64. The van der Waals surface area contributed by atoms with Gasteiger partial charge in [0.05, 0.1) is 29.7 Å². The van der Waals surface area contributed by atoms with E-state index < -0.39 is 23.0 Å². The van der Waals surface area contributed by atoms with Crippen LogP contribution < -0.4 is 15.1 Å². The number of hydrogen-bond donors (Lipinski definition) is 2. The molecule has 5 rings (SSSR count). The zero-order valence-electron chi connectivity index (χ0n) is 19.8. The Labute approximate surface area is 217 Å². The average Bonchev–Trinajstić information content (AvgIpc) is 3.10. The highest BCUT2D eigenvalue weighted by atomic mass is 32.1. The number of anilines is 2. The van der Waals surface area contributed by atoms with Crippen molar-refractivity contribution in [3.63, 3.8) is 0 Å². The van der Waals surface area contributed by atoms with Crippen molar-refractivity contribution >= 4 is 34.6 Å². The van der Waals surface area contributed by atoms with E-state index in [-0.39, 0.29) is 29.4 Å². The van der Waals surface area contributed by atoms with Crippen LogP contribution in [0.3, 0.4) is 0 Å². The minimum atomic E-state index is -4.77. The number of carbonyl (C=O) groups is 1. The Morgan fingerprint density at radius 2 is 1.97 bits per heavy atom. The van der Waals surface area contributed by atoms with Crippen LogP contribution in [-0.4, -0.2) is 63.8 Å². The highest BCUT2D eigenvalue weighted by molar-refractivity contribution is 7.81. The third kappa shape index (κ3) is 4.46. The molecule has 1 atom stereocenters. The SMILES string of the molecule is N#Cc1ncc(N2C(=S)N(c3ccc(CN4CCN[C@H](CO)C4)cc3)C(=O)C23CCC3)cc1C(F)(F)F. The number of halogens is 3. The maximum atomic E-state index is 13.6. The van der Waals surface area contributed by atoms with Crippen molar-refractivity contribution in [2.45, 2.75) is 43.6 Å². The van der Waals surface area contributed by atoms with E-state index in [2.05, 4.69) is 15.2 Å². The number of pyridine rings is 1. The van der Waals surface area contributed by atoms with Crippen molar-refractivity contribution in [3.8, 4) is 6.07 Å². The van der Waals surface area contributed by atoms with Crippen LogP contribution in [0.25, 0.3) is 0 Å². The Bertz CT molecular complexity index is 1260. The summed E-state index contributed by atoms with van der Waals surface area (Å²) in [4.78, 5) is 22.5. The number of aliphatic hydroxyl groups excluding tert-OH is 1. The largest absolute Gasteiger partial charge is 0.419 e. The molecule has 12 heteroatoms. The van der Waals surface area contributed by atoms with Crippen LogP contribution in [0, 0.1) is 11.3 Å². The fourth-order valence-corrected chi connectivity index (χ4v) is 5.73. The summed E-state index contributed by atoms with van der Waals surface area (Å²) in [6, 6.07) is 9.76. The van der Waals surface area contributed by atoms with Crippen LogP contribution in [0.15, 0.2) is 36.5 Å². The van der Waals surface area contributed by atoms with Gasteiger partial charge in [-0.15, -0.1) is 0 Å². The predicted octanol–water partition coefficient (Wildman–Crippen LogP) is 2.80. The first kappa shape index (κ1) is 25.5. The van der Waals surface area contributed by atoms with Gasteiger partial charge in [-0.2, -0.15) is 18.4 Å². The number of thiocarbonyl (C=S) groups is 1. The van der Waals surface area contributed by atoms with Gasteiger partial charge in [0.1, 0.15) is 11.6 Å². The highest BCUT2D eigenvalue weighted by Gasteiger charge is 2.59. The molecule has 2 aromatic rings. The maximum Gasteiger partial charge on any atom is 0.419 e. The van der Waals surface area contributed by atoms with E-state index in [4.69, 9.17) is 17.5 Å². The first-order valence-corrected chi connectivity index (χ1v) is 12.4. The maximum absolute atomic E-state index is 13.6. The number of piperazine rings is 1. The highest BCUT2D eigenvalue weighted by Crippen LogP contribution is 2.48. The number of amides is 1. The molecule has 2 N–H and O–H groups in total. The summed E-state index contributed by atoms with van der Waals surface area (Å²) in [7, 11) is 0. The van der Waals surface area contributed by atoms with Crippen molar-refractivity contribution in [2.24, 2.45) is 0 Å². The van der Waals surface area contributed by atoms with E-state index in [0.717, 1.165) is 37.7 Å². The van der Waals surface area contributed by atoms with Crippen LogP contribution in [0.4, 0.5) is 24.5 Å². The molecule has 8 nitrogen and oxygen atoms in total. The van der Waals surface area contributed by atoms with Crippen LogP contribution in [-0.2, 0) is 17.5 Å². The summed E-state index contributed by atoms with van der Waals surface area (Å²) in [5.74, 6) is -0.276. The summed E-state index contributed by atoms with van der Waals surface area (Å²) in [5, 5.41) is 21.9. The van der Waals surface area contributed by atoms with Crippen LogP contribution >= 0.6 is 12.2 Å². The fraction of sp³-hybridized carbons (Fsp3) is 0.440. The average molecular weight is 531 g/mol. The molecule has 0 unspecified atom stereocenters. The van der Waals surface area contributed by atoms with Gasteiger partial charge in [0.25, 0.3) is 5.91 Å². The topological polar surface area (TPSA) is 95.7 Å². The molecule has 1 aliphatic carbocycles. The molecule has 0 radical (unpaired) electrons. The van der Waals surface area contributed by atoms with E-state index in [1.54, 1.807) is 12.1 Å². The molecule has 1 spiro atoms. The number of hydrogen-bond acceptors (Lipinski definition) is 7. The van der Waals surface area contributed by atoms with Crippen molar-refractivity contribution in [3.05, 3.63) is 53.3 Å². The van der Waals surface area contributed by atoms with E-state index in [9.17, 15) is 23.1 Å². The Hall–Kier alpha value is -3.11. The summed E-state index contributed by atoms with van der Waals surface area (Å²) in [6.07, 6.45) is -1.95. The number of alkyl halides is 3. The number of aromatic nitrogens is 1. The summed E-state index contributed by atoms with van der Waals surface area (Å²) >= 11 is 5.66. The first-order chi connectivity index (χ1) is 17.7. The zero-order valence-corrected chi connectivity index (χ0v) is 20.6. The van der Waals surface area contributed by atoms with Crippen molar-refractivity contribution < 1.29 is 23.1 Å². The molecule has 3 heterocycles. The van der Waals surface area contributed by atoms with Crippen LogP contribution in [0.2, 0.25) is 0 Å². The smallest absolute Gasteiger partial charge is 0.395 e. The fourth-order valence-electron chi connectivity index (χ4n) is 5.26. The number of aliphatic hydroxyl groups is 1. The molecule has 3 aliphatic rings. The quantitative estimate of drug-likeness (QED) is 0.570. The van der Waals surface area contributed by atoms with Gasteiger partial charge < -0.3 is 15.3 Å². The first-order valence-electron chi connectivity index (χ1n) is 12.0. The predicted molar refractivity (Wildman–Crippen MR) is 134 cm³/mol.